The molecular weight excluding hydrogens is 360 g/mol. The average Bonchev–Trinajstić information content (AvgIpc) is 2.73. The number of rotatable bonds is 6. The van der Waals surface area contributed by atoms with Crippen LogP contribution in [0.25, 0.3) is 22.0 Å². The van der Waals surface area contributed by atoms with Crippen molar-refractivity contribution >= 4 is 22.4 Å². The Labute approximate surface area is 172 Å². The van der Waals surface area contributed by atoms with Crippen molar-refractivity contribution in [1.82, 2.24) is 15.0 Å². The van der Waals surface area contributed by atoms with Crippen LogP contribution in [-0.4, -0.2) is 26.8 Å². The number of carbonyl (C=O) groups excluding carboxylic acids is 1. The SMILES string of the molecule is CC(C)Nc1cncc(-c2ccc3cnc(CC(=O)C4CCCCC4)cc3c2)n1. The topological polar surface area (TPSA) is 67.8 Å². The average molecular weight is 389 g/mol. The fourth-order valence-corrected chi connectivity index (χ4v) is 4.06. The highest BCUT2D eigenvalue weighted by atomic mass is 16.1. The lowest BCUT2D eigenvalue weighted by Crippen LogP contribution is -2.19. The smallest absolute Gasteiger partial charge is 0.145 e. The first-order valence-electron chi connectivity index (χ1n) is 10.6. The van der Waals surface area contributed by atoms with Crippen LogP contribution < -0.4 is 5.32 Å². The van der Waals surface area contributed by atoms with Crippen LogP contribution in [0, 0.1) is 5.92 Å². The number of carbonyl (C=O) groups is 1. The Morgan fingerprint density at radius 1 is 1.07 bits per heavy atom. The quantitative estimate of drug-likeness (QED) is 0.628. The van der Waals surface area contributed by atoms with Gasteiger partial charge >= 0.3 is 0 Å². The second-order valence-corrected chi connectivity index (χ2v) is 8.30. The van der Waals surface area contributed by atoms with Crippen LogP contribution in [0.15, 0.2) is 42.9 Å². The molecule has 0 radical (unpaired) electrons. The number of fused-ring (bicyclic) bond motifs is 1. The number of nitrogens with one attached hydrogen (secondary N) is 1. The minimum absolute atomic E-state index is 0.221. The van der Waals surface area contributed by atoms with Crippen molar-refractivity contribution in [2.75, 3.05) is 5.32 Å². The highest BCUT2D eigenvalue weighted by Gasteiger charge is 2.21. The van der Waals surface area contributed by atoms with Crippen LogP contribution in [-0.2, 0) is 11.2 Å². The molecule has 5 nitrogen and oxygen atoms in total. The summed E-state index contributed by atoms with van der Waals surface area (Å²) in [6.07, 6.45) is 11.5. The summed E-state index contributed by atoms with van der Waals surface area (Å²) in [6, 6.07) is 8.54. The first-order valence-corrected chi connectivity index (χ1v) is 10.6. The maximum atomic E-state index is 12.7. The van der Waals surface area contributed by atoms with Crippen LogP contribution >= 0.6 is 0 Å². The molecule has 0 amide bonds. The van der Waals surface area contributed by atoms with Gasteiger partial charge in [0.1, 0.15) is 11.6 Å². The van der Waals surface area contributed by atoms with E-state index in [0.29, 0.717) is 18.2 Å². The fourth-order valence-electron chi connectivity index (χ4n) is 4.06. The molecule has 1 aromatic carbocycles. The molecule has 0 saturated heterocycles. The third-order valence-corrected chi connectivity index (χ3v) is 5.56. The standard InChI is InChI=1S/C24H28N4O/c1-16(2)27-24-15-25-14-22(28-24)18-8-9-19-13-26-21(11-20(19)10-18)12-23(29)17-6-4-3-5-7-17/h8-11,13-17H,3-7,12H2,1-2H3,(H,27,28). The molecule has 4 rings (SSSR count). The molecule has 0 bridgehead atoms. The van der Waals surface area contributed by atoms with E-state index in [-0.39, 0.29) is 5.92 Å². The Hall–Kier alpha value is -2.82. The first kappa shape index (κ1) is 19.5. The lowest BCUT2D eigenvalue weighted by atomic mass is 9.85. The van der Waals surface area contributed by atoms with Gasteiger partial charge in [-0.1, -0.05) is 31.4 Å². The van der Waals surface area contributed by atoms with E-state index < -0.39 is 0 Å². The van der Waals surface area contributed by atoms with Crippen LogP contribution in [0.5, 0.6) is 0 Å². The van der Waals surface area contributed by atoms with Crippen molar-refractivity contribution in [1.29, 1.82) is 0 Å². The van der Waals surface area contributed by atoms with Gasteiger partial charge < -0.3 is 5.32 Å². The van der Waals surface area contributed by atoms with Crippen molar-refractivity contribution in [3.8, 4) is 11.3 Å². The van der Waals surface area contributed by atoms with Gasteiger partial charge in [-0.25, -0.2) is 4.98 Å². The number of anilines is 1. The highest BCUT2D eigenvalue weighted by Crippen LogP contribution is 2.27. The Morgan fingerprint density at radius 2 is 1.90 bits per heavy atom. The van der Waals surface area contributed by atoms with Gasteiger partial charge in [0.15, 0.2) is 0 Å². The lowest BCUT2D eigenvalue weighted by Gasteiger charge is -2.20. The number of pyridine rings is 1. The molecule has 0 atom stereocenters. The van der Waals surface area contributed by atoms with Crippen molar-refractivity contribution in [2.45, 2.75) is 58.4 Å². The number of aromatic nitrogens is 3. The van der Waals surface area contributed by atoms with E-state index in [9.17, 15) is 4.79 Å². The third kappa shape index (κ3) is 4.78. The molecule has 0 spiro atoms. The molecule has 1 aliphatic carbocycles. The monoisotopic (exact) mass is 388 g/mol. The molecule has 0 unspecified atom stereocenters. The summed E-state index contributed by atoms with van der Waals surface area (Å²) in [4.78, 5) is 26.2. The summed E-state index contributed by atoms with van der Waals surface area (Å²) >= 11 is 0. The molecule has 29 heavy (non-hydrogen) atoms. The molecular formula is C24H28N4O. The molecule has 150 valence electrons. The summed E-state index contributed by atoms with van der Waals surface area (Å²) in [5.74, 6) is 1.33. The van der Waals surface area contributed by atoms with Gasteiger partial charge in [0.25, 0.3) is 0 Å². The first-order chi connectivity index (χ1) is 14.1. The van der Waals surface area contributed by atoms with Gasteiger partial charge in [0.05, 0.1) is 18.1 Å². The maximum absolute atomic E-state index is 12.7. The lowest BCUT2D eigenvalue weighted by molar-refractivity contribution is -0.123. The van der Waals surface area contributed by atoms with E-state index in [1.165, 1.54) is 19.3 Å². The van der Waals surface area contributed by atoms with E-state index in [1.54, 1.807) is 12.4 Å². The Morgan fingerprint density at radius 3 is 2.69 bits per heavy atom. The van der Waals surface area contributed by atoms with E-state index in [2.05, 4.69) is 46.2 Å². The maximum Gasteiger partial charge on any atom is 0.145 e. The van der Waals surface area contributed by atoms with Crippen molar-refractivity contribution < 1.29 is 4.79 Å². The van der Waals surface area contributed by atoms with Crippen molar-refractivity contribution in [3.63, 3.8) is 0 Å². The zero-order valence-electron chi connectivity index (χ0n) is 17.2. The zero-order chi connectivity index (χ0) is 20.2. The molecule has 3 aromatic rings. The van der Waals surface area contributed by atoms with Crippen LogP contribution in [0.3, 0.4) is 0 Å². The van der Waals surface area contributed by atoms with E-state index in [0.717, 1.165) is 46.4 Å². The van der Waals surface area contributed by atoms with Crippen molar-refractivity contribution in [3.05, 3.63) is 48.5 Å². The number of Topliss-reactive ketones (excluding diaryl/α,β-unsaturated/α-hetero) is 1. The van der Waals surface area contributed by atoms with Gasteiger partial charge in [-0.15, -0.1) is 0 Å². The van der Waals surface area contributed by atoms with Gasteiger partial charge in [0, 0.05) is 41.2 Å². The summed E-state index contributed by atoms with van der Waals surface area (Å²) in [5, 5.41) is 5.43. The Kier molecular flexibility index (Phi) is 5.84. The molecule has 1 N–H and O–H groups in total. The molecule has 1 aliphatic rings. The number of hydrogen-bond acceptors (Lipinski definition) is 5. The summed E-state index contributed by atoms with van der Waals surface area (Å²) in [6.45, 7) is 4.15. The van der Waals surface area contributed by atoms with Crippen LogP contribution in [0.2, 0.25) is 0 Å². The van der Waals surface area contributed by atoms with Crippen LogP contribution in [0.4, 0.5) is 5.82 Å². The highest BCUT2D eigenvalue weighted by molar-refractivity contribution is 5.88. The normalized spacial score (nSPS) is 15.0. The number of hydrogen-bond donors (Lipinski definition) is 1. The molecule has 0 aliphatic heterocycles. The number of benzene rings is 1. The zero-order valence-corrected chi connectivity index (χ0v) is 17.2. The van der Waals surface area contributed by atoms with E-state index in [4.69, 9.17) is 0 Å². The van der Waals surface area contributed by atoms with E-state index in [1.807, 2.05) is 18.3 Å². The Bertz CT molecular complexity index is 1010. The predicted octanol–water partition coefficient (Wildman–Crippen LogP) is 5.20. The van der Waals surface area contributed by atoms with Crippen molar-refractivity contribution in [2.24, 2.45) is 5.92 Å². The second-order valence-electron chi connectivity index (χ2n) is 8.30. The summed E-state index contributed by atoms with van der Waals surface area (Å²) < 4.78 is 0. The molecule has 1 saturated carbocycles. The van der Waals surface area contributed by atoms with Gasteiger partial charge in [-0.3, -0.25) is 14.8 Å². The third-order valence-electron chi connectivity index (χ3n) is 5.56. The van der Waals surface area contributed by atoms with Crippen LogP contribution in [0.1, 0.15) is 51.6 Å². The Balaban J connectivity index is 1.57. The van der Waals surface area contributed by atoms with E-state index >= 15 is 0 Å². The second kappa shape index (κ2) is 8.68. The minimum Gasteiger partial charge on any atom is -0.367 e. The van der Waals surface area contributed by atoms with Gasteiger partial charge in [0.2, 0.25) is 0 Å². The summed E-state index contributed by atoms with van der Waals surface area (Å²) in [7, 11) is 0. The number of ketones is 1. The molecule has 2 aromatic heterocycles. The molecule has 5 heteroatoms. The summed E-state index contributed by atoms with van der Waals surface area (Å²) in [5.41, 5.74) is 2.69. The molecule has 2 heterocycles. The van der Waals surface area contributed by atoms with Gasteiger partial charge in [-0.2, -0.15) is 0 Å². The minimum atomic E-state index is 0.221. The molecule has 1 fully saturated rings. The largest absolute Gasteiger partial charge is 0.367 e. The predicted molar refractivity (Wildman–Crippen MR) is 117 cm³/mol. The van der Waals surface area contributed by atoms with Gasteiger partial charge in [-0.05, 0) is 44.2 Å². The number of nitrogens with zero attached hydrogens (tertiary/aromatic N) is 3. The fraction of sp³-hybridized carbons (Fsp3) is 0.417.